The van der Waals surface area contributed by atoms with Crippen molar-refractivity contribution in [3.63, 3.8) is 0 Å². The zero-order chi connectivity index (χ0) is 15.6. The summed E-state index contributed by atoms with van der Waals surface area (Å²) in [7, 11) is -3.44. The number of nitrogens with one attached hydrogen (secondary N) is 1. The van der Waals surface area contributed by atoms with Crippen LogP contribution in [-0.4, -0.2) is 28.8 Å². The second-order valence-electron chi connectivity index (χ2n) is 5.21. The molecule has 1 atom stereocenters. The quantitative estimate of drug-likeness (QED) is 0.783. The molecule has 0 unspecified atom stereocenters. The Hall–Kier alpha value is -2.41. The molecule has 3 rings (SSSR count). The highest BCUT2D eigenvalue weighted by Gasteiger charge is 2.17. The van der Waals surface area contributed by atoms with Crippen LogP contribution in [0, 0.1) is 0 Å². The predicted octanol–water partition coefficient (Wildman–Crippen LogP) is 2.27. The van der Waals surface area contributed by atoms with Crippen LogP contribution in [0.1, 0.15) is 18.4 Å². The largest absolute Gasteiger partial charge is 0.287 e. The standard InChI is InChI=1S/C15H16N4O2S/c1-12(13-5-3-2-4-6-13)10-22(20,21)18-14-7-8-15-17-16-11-19(15)9-14/h2-9,11-12,18H,10H2,1H3/t12-/m1/s1. The molecule has 0 radical (unpaired) electrons. The molecule has 0 fully saturated rings. The highest BCUT2D eigenvalue weighted by Crippen LogP contribution is 2.18. The van der Waals surface area contributed by atoms with Gasteiger partial charge in [-0.05, 0) is 23.6 Å². The molecule has 0 aliphatic heterocycles. The van der Waals surface area contributed by atoms with E-state index in [1.54, 1.807) is 22.7 Å². The number of benzene rings is 1. The van der Waals surface area contributed by atoms with Crippen LogP contribution in [0.15, 0.2) is 55.0 Å². The van der Waals surface area contributed by atoms with Gasteiger partial charge in [-0.2, -0.15) is 0 Å². The van der Waals surface area contributed by atoms with Gasteiger partial charge in [-0.15, -0.1) is 10.2 Å². The summed E-state index contributed by atoms with van der Waals surface area (Å²) in [5, 5.41) is 7.64. The Labute approximate surface area is 128 Å². The Morgan fingerprint density at radius 3 is 2.73 bits per heavy atom. The summed E-state index contributed by atoms with van der Waals surface area (Å²) < 4.78 is 28.9. The molecule has 0 amide bonds. The Bertz CT molecular complexity index is 875. The zero-order valence-corrected chi connectivity index (χ0v) is 12.9. The number of fused-ring (bicyclic) bond motifs is 1. The summed E-state index contributed by atoms with van der Waals surface area (Å²) in [4.78, 5) is 0. The lowest BCUT2D eigenvalue weighted by Gasteiger charge is -2.14. The number of hydrogen-bond donors (Lipinski definition) is 1. The Morgan fingerprint density at radius 1 is 1.18 bits per heavy atom. The van der Waals surface area contributed by atoms with E-state index in [9.17, 15) is 8.42 Å². The van der Waals surface area contributed by atoms with Gasteiger partial charge in [0.05, 0.1) is 11.4 Å². The normalized spacial score (nSPS) is 13.1. The maximum atomic E-state index is 12.3. The van der Waals surface area contributed by atoms with Gasteiger partial charge in [-0.1, -0.05) is 37.3 Å². The third kappa shape index (κ3) is 3.25. The summed E-state index contributed by atoms with van der Waals surface area (Å²) in [6.07, 6.45) is 3.18. The molecule has 2 aromatic heterocycles. The molecule has 2 heterocycles. The van der Waals surface area contributed by atoms with Crippen molar-refractivity contribution in [2.45, 2.75) is 12.8 Å². The highest BCUT2D eigenvalue weighted by molar-refractivity contribution is 7.92. The van der Waals surface area contributed by atoms with Crippen LogP contribution in [0.4, 0.5) is 5.69 Å². The summed E-state index contributed by atoms with van der Waals surface area (Å²) in [5.41, 5.74) is 2.16. The molecule has 0 saturated heterocycles. The van der Waals surface area contributed by atoms with E-state index in [4.69, 9.17) is 0 Å². The molecule has 7 heteroatoms. The fourth-order valence-electron chi connectivity index (χ4n) is 2.32. The zero-order valence-electron chi connectivity index (χ0n) is 12.0. The molecule has 0 bridgehead atoms. The Morgan fingerprint density at radius 2 is 1.95 bits per heavy atom. The molecule has 1 N–H and O–H groups in total. The van der Waals surface area contributed by atoms with E-state index in [-0.39, 0.29) is 11.7 Å². The van der Waals surface area contributed by atoms with Crippen molar-refractivity contribution >= 4 is 21.4 Å². The summed E-state index contributed by atoms with van der Waals surface area (Å²) >= 11 is 0. The number of hydrogen-bond acceptors (Lipinski definition) is 4. The van der Waals surface area contributed by atoms with Crippen molar-refractivity contribution in [1.29, 1.82) is 0 Å². The third-order valence-electron chi connectivity index (χ3n) is 3.40. The molecular weight excluding hydrogens is 300 g/mol. The van der Waals surface area contributed by atoms with Gasteiger partial charge in [0, 0.05) is 6.20 Å². The smallest absolute Gasteiger partial charge is 0.233 e. The lowest BCUT2D eigenvalue weighted by molar-refractivity contribution is 0.595. The predicted molar refractivity (Wildman–Crippen MR) is 85.3 cm³/mol. The summed E-state index contributed by atoms with van der Waals surface area (Å²) in [5.74, 6) is -0.0608. The molecule has 0 aliphatic rings. The SMILES string of the molecule is C[C@H](CS(=O)(=O)Nc1ccc2nncn2c1)c1ccccc1. The lowest BCUT2D eigenvalue weighted by Crippen LogP contribution is -2.20. The molecule has 0 saturated carbocycles. The molecule has 0 aliphatic carbocycles. The summed E-state index contributed by atoms with van der Waals surface area (Å²) in [6.45, 7) is 1.90. The third-order valence-corrected chi connectivity index (χ3v) is 4.89. The van der Waals surface area contributed by atoms with Gasteiger partial charge in [-0.3, -0.25) is 9.12 Å². The van der Waals surface area contributed by atoms with Crippen LogP contribution in [0.3, 0.4) is 0 Å². The lowest BCUT2D eigenvalue weighted by atomic mass is 10.0. The first-order valence-corrected chi connectivity index (χ1v) is 8.53. The van der Waals surface area contributed by atoms with E-state index in [1.165, 1.54) is 6.33 Å². The minimum absolute atomic E-state index is 0.0250. The van der Waals surface area contributed by atoms with Crippen molar-refractivity contribution < 1.29 is 8.42 Å². The topological polar surface area (TPSA) is 76.4 Å². The average molecular weight is 316 g/mol. The van der Waals surface area contributed by atoms with Crippen LogP contribution >= 0.6 is 0 Å². The number of nitrogens with zero attached hydrogens (tertiary/aromatic N) is 3. The van der Waals surface area contributed by atoms with Gasteiger partial charge in [0.25, 0.3) is 0 Å². The Balaban J connectivity index is 1.75. The monoisotopic (exact) mass is 316 g/mol. The van der Waals surface area contributed by atoms with E-state index in [2.05, 4.69) is 14.9 Å². The number of pyridine rings is 1. The molecule has 3 aromatic rings. The van der Waals surface area contributed by atoms with Gasteiger partial charge in [0.2, 0.25) is 10.0 Å². The van der Waals surface area contributed by atoms with Crippen molar-refractivity contribution in [2.75, 3.05) is 10.5 Å². The van der Waals surface area contributed by atoms with Crippen molar-refractivity contribution in [3.05, 3.63) is 60.6 Å². The first-order chi connectivity index (χ1) is 10.5. The molecule has 22 heavy (non-hydrogen) atoms. The number of rotatable bonds is 5. The number of sulfonamides is 1. The maximum absolute atomic E-state index is 12.3. The van der Waals surface area contributed by atoms with Crippen LogP contribution in [0.2, 0.25) is 0 Å². The molecular formula is C15H16N4O2S. The number of anilines is 1. The first-order valence-electron chi connectivity index (χ1n) is 6.88. The van der Waals surface area contributed by atoms with Gasteiger partial charge < -0.3 is 0 Å². The van der Waals surface area contributed by atoms with E-state index < -0.39 is 10.0 Å². The minimum atomic E-state index is -3.44. The molecule has 114 valence electrons. The van der Waals surface area contributed by atoms with Gasteiger partial charge in [0.1, 0.15) is 6.33 Å². The number of aromatic nitrogens is 3. The fraction of sp³-hybridized carbons (Fsp3) is 0.200. The van der Waals surface area contributed by atoms with Crippen molar-refractivity contribution in [1.82, 2.24) is 14.6 Å². The van der Waals surface area contributed by atoms with Crippen molar-refractivity contribution in [3.8, 4) is 0 Å². The van der Waals surface area contributed by atoms with Crippen LogP contribution in [-0.2, 0) is 10.0 Å². The van der Waals surface area contributed by atoms with E-state index in [0.29, 0.717) is 11.3 Å². The highest BCUT2D eigenvalue weighted by atomic mass is 32.2. The minimum Gasteiger partial charge on any atom is -0.287 e. The molecule has 0 spiro atoms. The second kappa shape index (κ2) is 5.76. The maximum Gasteiger partial charge on any atom is 0.233 e. The first kappa shape index (κ1) is 14.5. The van der Waals surface area contributed by atoms with E-state index >= 15 is 0 Å². The van der Waals surface area contributed by atoms with Gasteiger partial charge >= 0.3 is 0 Å². The van der Waals surface area contributed by atoms with E-state index in [0.717, 1.165) is 5.56 Å². The van der Waals surface area contributed by atoms with Crippen molar-refractivity contribution in [2.24, 2.45) is 0 Å². The van der Waals surface area contributed by atoms with Crippen LogP contribution in [0.5, 0.6) is 0 Å². The Kier molecular flexibility index (Phi) is 3.81. The summed E-state index contributed by atoms with van der Waals surface area (Å²) in [6, 6.07) is 13.0. The van der Waals surface area contributed by atoms with Gasteiger partial charge in [-0.25, -0.2) is 8.42 Å². The van der Waals surface area contributed by atoms with Crippen LogP contribution in [0.25, 0.3) is 5.65 Å². The second-order valence-corrected chi connectivity index (χ2v) is 6.98. The fourth-order valence-corrected chi connectivity index (χ4v) is 3.73. The van der Waals surface area contributed by atoms with Gasteiger partial charge in [0.15, 0.2) is 5.65 Å². The average Bonchev–Trinajstić information content (AvgIpc) is 2.94. The van der Waals surface area contributed by atoms with Crippen LogP contribution < -0.4 is 4.72 Å². The molecule has 1 aromatic carbocycles. The molecule has 6 nitrogen and oxygen atoms in total. The van der Waals surface area contributed by atoms with E-state index in [1.807, 2.05) is 37.3 Å².